The van der Waals surface area contributed by atoms with Crippen LogP contribution in [0.2, 0.25) is 0 Å². The molecule has 0 radical (unpaired) electrons. The number of hydrogen-bond acceptors (Lipinski definition) is 3. The Labute approximate surface area is 364 Å². The Kier molecular flexibility index (Phi) is 7.66. The van der Waals surface area contributed by atoms with Crippen LogP contribution in [0.3, 0.4) is 0 Å². The van der Waals surface area contributed by atoms with Crippen molar-refractivity contribution in [2.24, 2.45) is 0 Å². The van der Waals surface area contributed by atoms with Crippen molar-refractivity contribution in [2.45, 2.75) is 33.6 Å². The van der Waals surface area contributed by atoms with Gasteiger partial charge in [-0.1, -0.05) is 133 Å². The molecule has 1 aliphatic rings. The van der Waals surface area contributed by atoms with E-state index < -0.39 is 5.89 Å². The van der Waals surface area contributed by atoms with E-state index in [9.17, 15) is 0 Å². The third-order valence-electron chi connectivity index (χ3n) is 11.3. The molecule has 10 aromatic rings. The molecule has 0 saturated carbocycles. The molecule has 0 spiro atoms. The predicted molar refractivity (Wildman–Crippen MR) is 240 cm³/mol. The summed E-state index contributed by atoms with van der Waals surface area (Å²) in [6, 6.07) is 47.2. The molecule has 7 aromatic carbocycles. The van der Waals surface area contributed by atoms with Gasteiger partial charge in [0.2, 0.25) is 0 Å². The molecular weight excluding hydrogens is 904 g/mol. The Morgan fingerprint density at radius 2 is 1.39 bits per heavy atom. The molecule has 3 aromatic heterocycles. The number of ether oxygens (including phenoxy) is 1. The maximum absolute atomic E-state index is 8.99. The number of benzene rings is 7. The van der Waals surface area contributed by atoms with Crippen LogP contribution in [0.15, 0.2) is 152 Å². The van der Waals surface area contributed by atoms with E-state index in [0.717, 1.165) is 44.1 Å². The molecule has 0 unspecified atom stereocenters. The summed E-state index contributed by atoms with van der Waals surface area (Å²) in [5, 5.41) is 7.87. The third-order valence-corrected chi connectivity index (χ3v) is 11.3. The second-order valence-corrected chi connectivity index (χ2v) is 15.1. The summed E-state index contributed by atoms with van der Waals surface area (Å²) in [5.41, 5.74) is 7.71. The number of anilines is 2. The Morgan fingerprint density at radius 3 is 2.24 bits per heavy atom. The van der Waals surface area contributed by atoms with Gasteiger partial charge in [0.25, 0.3) is 0 Å². The molecule has 59 heavy (non-hydrogen) atoms. The molecule has 1 aliphatic heterocycles. The first-order chi connectivity index (χ1) is 30.4. The van der Waals surface area contributed by atoms with Gasteiger partial charge in [0.15, 0.2) is 0 Å². The third kappa shape index (κ3) is 5.95. The van der Waals surface area contributed by atoms with E-state index >= 15 is 0 Å². The van der Waals surface area contributed by atoms with E-state index in [1.807, 2.05) is 18.2 Å². The van der Waals surface area contributed by atoms with Crippen LogP contribution < -0.4 is 9.64 Å². The van der Waals surface area contributed by atoms with Gasteiger partial charge in [-0.05, 0) is 99.4 Å². The predicted octanol–water partition coefficient (Wildman–Crippen LogP) is 14.0. The van der Waals surface area contributed by atoms with Gasteiger partial charge in [-0.2, -0.15) is 12.1 Å². The number of hydrogen-bond donors (Lipinski definition) is 0. The molecule has 290 valence electrons. The Hall–Kier alpha value is -6.55. The largest absolute Gasteiger partial charge is 0.509 e. The van der Waals surface area contributed by atoms with Crippen LogP contribution in [-0.2, 0) is 21.1 Å². The van der Waals surface area contributed by atoms with Crippen LogP contribution in [-0.4, -0.2) is 14.1 Å². The normalized spacial score (nSPS) is 13.6. The monoisotopic (exact) mass is 947 g/mol. The Morgan fingerprint density at radius 1 is 0.678 bits per heavy atom. The number of para-hydroxylation sites is 3. The van der Waals surface area contributed by atoms with Crippen LogP contribution in [0, 0.1) is 32.6 Å². The van der Waals surface area contributed by atoms with Crippen molar-refractivity contribution in [3.63, 3.8) is 0 Å². The average Bonchev–Trinajstić information content (AvgIpc) is 3.84. The minimum atomic E-state index is -0.937. The smallest absolute Gasteiger partial charge is 0.135 e. The molecule has 0 atom stereocenters. The van der Waals surface area contributed by atoms with Crippen LogP contribution in [0.25, 0.3) is 71.0 Å². The molecule has 0 N–H and O–H groups in total. The van der Waals surface area contributed by atoms with Crippen molar-refractivity contribution < 1.29 is 32.7 Å². The van der Waals surface area contributed by atoms with Crippen molar-refractivity contribution in [1.82, 2.24) is 14.1 Å². The first kappa shape index (κ1) is 31.4. The fourth-order valence-corrected chi connectivity index (χ4v) is 8.57. The van der Waals surface area contributed by atoms with Gasteiger partial charge >= 0.3 is 0 Å². The molecule has 5 nitrogen and oxygen atoms in total. The summed E-state index contributed by atoms with van der Waals surface area (Å²) in [6.45, 7) is 10.0. The summed E-state index contributed by atoms with van der Waals surface area (Å²) >= 11 is 0. The van der Waals surface area contributed by atoms with Crippen LogP contribution in [0.5, 0.6) is 11.5 Å². The van der Waals surface area contributed by atoms with Gasteiger partial charge in [-0.25, -0.2) is 4.98 Å². The summed E-state index contributed by atoms with van der Waals surface area (Å²) in [4.78, 5) is 6.80. The zero-order valence-electron chi connectivity index (χ0n) is 37.7. The molecule has 4 heterocycles. The van der Waals surface area contributed by atoms with Crippen molar-refractivity contribution in [2.75, 3.05) is 4.90 Å². The summed E-state index contributed by atoms with van der Waals surface area (Å²) in [6.07, 6.45) is 1.62. The Bertz CT molecular complexity index is 3670. The molecule has 0 saturated heterocycles. The number of nitrogens with zero attached hydrogens (tertiary/aromatic N) is 4. The number of fused-ring (bicyclic) bond motifs is 10. The maximum Gasteiger partial charge on any atom is 0.135 e. The Balaban J connectivity index is 0.00000484. The SMILES string of the molecule is [2H]c1c([2H])c([2H])c2c(c1[2H])c1ccc(Oc3[c-]c(N4[CH-]n5c6c(C)cccc6c6cc(C)ccc6c6ccccc6c6cccc4c65)ccc3)[c-]c1n2-c1cc(C([2H])(C)C)ccn1.[Pt]. The van der Waals surface area contributed by atoms with Crippen molar-refractivity contribution in [3.05, 3.63) is 187 Å². The first-order valence-electron chi connectivity index (χ1n) is 21.9. The van der Waals surface area contributed by atoms with Gasteiger partial charge in [-0.3, -0.25) is 0 Å². The van der Waals surface area contributed by atoms with Gasteiger partial charge in [-0.15, -0.1) is 35.7 Å². The number of pyridine rings is 1. The number of aromatic nitrogens is 3. The van der Waals surface area contributed by atoms with Gasteiger partial charge in [0.1, 0.15) is 5.82 Å². The van der Waals surface area contributed by atoms with E-state index in [-0.39, 0.29) is 50.8 Å². The van der Waals surface area contributed by atoms with Gasteiger partial charge < -0.3 is 18.8 Å². The van der Waals surface area contributed by atoms with E-state index in [2.05, 4.69) is 126 Å². The fraction of sp³-hybridized carbons (Fsp3) is 0.0943. The topological polar surface area (TPSA) is 35.2 Å². The van der Waals surface area contributed by atoms with E-state index in [0.29, 0.717) is 39.2 Å². The molecule has 11 rings (SSSR count). The molecule has 0 aliphatic carbocycles. The van der Waals surface area contributed by atoms with Crippen LogP contribution >= 0.6 is 0 Å². The fourth-order valence-electron chi connectivity index (χ4n) is 8.57. The number of aryl methyl sites for hydroxylation is 2. The summed E-state index contributed by atoms with van der Waals surface area (Å²) < 4.78 is 54.2. The van der Waals surface area contributed by atoms with Gasteiger partial charge in [0.05, 0.1) is 5.48 Å². The minimum absolute atomic E-state index is 0. The zero-order chi connectivity index (χ0) is 43.5. The van der Waals surface area contributed by atoms with E-state index in [1.54, 1.807) is 48.9 Å². The second-order valence-electron chi connectivity index (χ2n) is 15.1. The standard InChI is InChI=1S/C53H39N4O.Pt/c1-33(2)36-26-27-54-51(29-36)57-48-20-8-7-17-43(48)44-25-23-39(31-50(44)57)58-38-14-10-13-37(30-38)55-32-56-52-35(4)12-9-18-46(52)47-28-34(3)22-24-42(47)40-15-5-6-16-41(40)45-19-11-21-49(55)53(45)56;/h5-29,32-33H,1-4H3;/q-3;/i7D,8D,17D,20D,33D;. The quantitative estimate of drug-likeness (QED) is 0.161. The average molecular weight is 948 g/mol. The first-order valence-corrected chi connectivity index (χ1v) is 19.4. The maximum atomic E-state index is 8.99. The molecule has 0 fully saturated rings. The molecule has 6 heteroatoms. The summed E-state index contributed by atoms with van der Waals surface area (Å²) in [5.74, 6) is 0.277. The van der Waals surface area contributed by atoms with Gasteiger partial charge in [0, 0.05) is 51.3 Å². The van der Waals surface area contributed by atoms with Crippen molar-refractivity contribution in [3.8, 4) is 17.3 Å². The number of rotatable bonds is 5. The molecule has 0 bridgehead atoms. The molecular formula is C53H39N4OPt-3. The van der Waals surface area contributed by atoms with E-state index in [1.165, 1.54) is 21.7 Å². The zero-order valence-corrected chi connectivity index (χ0v) is 35.0. The molecule has 0 amide bonds. The van der Waals surface area contributed by atoms with E-state index in [4.69, 9.17) is 11.6 Å². The second kappa shape index (κ2) is 14.4. The van der Waals surface area contributed by atoms with Crippen LogP contribution in [0.1, 0.15) is 43.3 Å². The van der Waals surface area contributed by atoms with Crippen molar-refractivity contribution >= 4 is 76.5 Å². The minimum Gasteiger partial charge on any atom is -0.509 e. The van der Waals surface area contributed by atoms with Crippen LogP contribution in [0.4, 0.5) is 11.4 Å². The van der Waals surface area contributed by atoms with Crippen molar-refractivity contribution in [1.29, 1.82) is 0 Å². The summed E-state index contributed by atoms with van der Waals surface area (Å²) in [7, 11) is 0.